The number of halogens is 2. The monoisotopic (exact) mass is 481 g/mol. The highest BCUT2D eigenvalue weighted by Crippen LogP contribution is 2.38. The van der Waals surface area contributed by atoms with Crippen LogP contribution < -0.4 is 9.47 Å². The molecule has 0 bridgehead atoms. The van der Waals surface area contributed by atoms with Gasteiger partial charge in [0.2, 0.25) is 0 Å². The van der Waals surface area contributed by atoms with E-state index >= 15 is 0 Å². The number of allylic oxidation sites excluding steroid dienone is 1. The average molecular weight is 482 g/mol. The van der Waals surface area contributed by atoms with Gasteiger partial charge in [0, 0.05) is 41.7 Å². The Morgan fingerprint density at radius 3 is 2.59 bits per heavy atom. The van der Waals surface area contributed by atoms with Gasteiger partial charge in [0.1, 0.15) is 30.5 Å². The van der Waals surface area contributed by atoms with Crippen LogP contribution in [0.25, 0.3) is 11.1 Å². The summed E-state index contributed by atoms with van der Waals surface area (Å²) in [5, 5.41) is 10.3. The van der Waals surface area contributed by atoms with Gasteiger partial charge in [-0.05, 0) is 60.5 Å². The molecule has 0 amide bonds. The van der Waals surface area contributed by atoms with Crippen molar-refractivity contribution >= 4 is 22.7 Å². The number of alkyl halides is 1. The zero-order valence-corrected chi connectivity index (χ0v) is 20.0. The molecule has 0 aliphatic carbocycles. The molecule has 1 saturated heterocycles. The van der Waals surface area contributed by atoms with Crippen molar-refractivity contribution in [2.45, 2.75) is 6.92 Å². The van der Waals surface area contributed by atoms with E-state index in [1.807, 2.05) is 61.5 Å². The fraction of sp³-hybridized carbons (Fsp3) is 0.286. The smallest absolute Gasteiger partial charge is 0.127 e. The van der Waals surface area contributed by atoms with Gasteiger partial charge >= 0.3 is 0 Å². The van der Waals surface area contributed by atoms with Crippen molar-refractivity contribution in [2.24, 2.45) is 5.92 Å². The van der Waals surface area contributed by atoms with Crippen LogP contribution in [0.15, 0.2) is 72.8 Å². The molecule has 0 unspecified atom stereocenters. The van der Waals surface area contributed by atoms with E-state index in [1.54, 1.807) is 18.2 Å². The van der Waals surface area contributed by atoms with Crippen LogP contribution in [0.1, 0.15) is 18.1 Å². The van der Waals surface area contributed by atoms with Crippen molar-refractivity contribution in [2.75, 3.05) is 39.5 Å². The Kier molecular flexibility index (Phi) is 8.09. The van der Waals surface area contributed by atoms with E-state index in [9.17, 15) is 9.50 Å². The third kappa shape index (κ3) is 6.10. The van der Waals surface area contributed by atoms with Gasteiger partial charge in [-0.25, -0.2) is 0 Å². The molecule has 4 nitrogen and oxygen atoms in total. The predicted octanol–water partition coefficient (Wildman–Crippen LogP) is 6.34. The van der Waals surface area contributed by atoms with Gasteiger partial charge in [0.15, 0.2) is 0 Å². The molecule has 178 valence electrons. The van der Waals surface area contributed by atoms with E-state index in [0.717, 1.165) is 53.4 Å². The number of nitrogens with zero attached hydrogens (tertiary/aromatic N) is 1. The number of benzene rings is 3. The standard InChI is InChI=1S/C16H13ClO2.C12H16FNO/c1-10-14-8-13(18)5-6-16(14)19-9-15(10)11-3-2-4-12(17)7-11;13-8-11-9-14(10-11)6-7-15-12-4-2-1-3-5-12/h2-8,18H,9H2,1H3;1-5,11H,6-10H2. The molecule has 0 saturated carbocycles. The van der Waals surface area contributed by atoms with Gasteiger partial charge in [-0.1, -0.05) is 41.9 Å². The molecule has 1 fully saturated rings. The highest BCUT2D eigenvalue weighted by molar-refractivity contribution is 6.30. The van der Waals surface area contributed by atoms with Crippen LogP contribution in [0.2, 0.25) is 5.02 Å². The molecule has 5 rings (SSSR count). The van der Waals surface area contributed by atoms with Crippen molar-refractivity contribution in [3.8, 4) is 17.2 Å². The van der Waals surface area contributed by atoms with Gasteiger partial charge in [0.25, 0.3) is 0 Å². The molecule has 2 heterocycles. The molecule has 0 spiro atoms. The van der Waals surface area contributed by atoms with Gasteiger partial charge < -0.3 is 14.6 Å². The molecule has 1 N–H and O–H groups in total. The Morgan fingerprint density at radius 1 is 1.06 bits per heavy atom. The number of ether oxygens (including phenoxy) is 2. The first-order valence-corrected chi connectivity index (χ1v) is 11.8. The molecule has 0 aromatic heterocycles. The normalized spacial score (nSPS) is 15.5. The largest absolute Gasteiger partial charge is 0.508 e. The Labute approximate surface area is 205 Å². The first-order chi connectivity index (χ1) is 16.5. The Bertz CT molecular complexity index is 1130. The van der Waals surface area contributed by atoms with E-state index in [0.29, 0.717) is 18.2 Å². The molecule has 3 aromatic rings. The molecular weight excluding hydrogens is 453 g/mol. The van der Waals surface area contributed by atoms with Crippen LogP contribution in [-0.2, 0) is 0 Å². The summed E-state index contributed by atoms with van der Waals surface area (Å²) in [6, 6.07) is 22.7. The molecule has 2 aliphatic rings. The van der Waals surface area contributed by atoms with E-state index < -0.39 is 0 Å². The van der Waals surface area contributed by atoms with Gasteiger partial charge in [-0.15, -0.1) is 0 Å². The number of hydrogen-bond donors (Lipinski definition) is 1. The highest BCUT2D eigenvalue weighted by Gasteiger charge is 2.25. The van der Waals surface area contributed by atoms with Crippen molar-refractivity contribution in [3.63, 3.8) is 0 Å². The Hall–Kier alpha value is -3.02. The lowest BCUT2D eigenvalue weighted by Crippen LogP contribution is -2.49. The van der Waals surface area contributed by atoms with E-state index in [-0.39, 0.29) is 18.3 Å². The van der Waals surface area contributed by atoms with E-state index in [2.05, 4.69) is 4.90 Å². The van der Waals surface area contributed by atoms with E-state index in [4.69, 9.17) is 21.1 Å². The van der Waals surface area contributed by atoms with Crippen LogP contribution in [0.4, 0.5) is 4.39 Å². The first kappa shape index (κ1) is 24.1. The SMILES string of the molecule is CC1=C(c2cccc(Cl)c2)COc2ccc(O)cc21.FCC1CN(CCOc2ccccc2)C1. The quantitative estimate of drug-likeness (QED) is 0.446. The summed E-state index contributed by atoms with van der Waals surface area (Å²) in [7, 11) is 0. The number of phenolic OH excluding ortho intramolecular Hbond substituents is 1. The van der Waals surface area contributed by atoms with Crippen LogP contribution in [-0.4, -0.2) is 49.5 Å². The highest BCUT2D eigenvalue weighted by atomic mass is 35.5. The maximum absolute atomic E-state index is 12.1. The second kappa shape index (κ2) is 11.4. The maximum atomic E-state index is 12.1. The molecule has 0 radical (unpaired) electrons. The summed E-state index contributed by atoms with van der Waals surface area (Å²) in [6.45, 7) is 5.72. The van der Waals surface area contributed by atoms with Gasteiger partial charge in [-0.2, -0.15) is 0 Å². The number of para-hydroxylation sites is 1. The van der Waals surface area contributed by atoms with Crippen molar-refractivity contribution in [3.05, 3.63) is 88.9 Å². The molecule has 3 aromatic carbocycles. The molecule has 0 atom stereocenters. The molecule has 6 heteroatoms. The number of rotatable bonds is 6. The minimum atomic E-state index is -0.184. The number of aromatic hydroxyl groups is 1. The first-order valence-electron chi connectivity index (χ1n) is 11.4. The van der Waals surface area contributed by atoms with E-state index in [1.165, 1.54) is 0 Å². The zero-order chi connectivity index (χ0) is 23.9. The van der Waals surface area contributed by atoms with Crippen LogP contribution in [0.3, 0.4) is 0 Å². The third-order valence-electron chi connectivity index (χ3n) is 6.04. The van der Waals surface area contributed by atoms with Crippen molar-refractivity contribution in [1.29, 1.82) is 0 Å². The van der Waals surface area contributed by atoms with Crippen LogP contribution in [0.5, 0.6) is 17.2 Å². The lowest BCUT2D eigenvalue weighted by atomic mass is 9.93. The molecular formula is C28H29ClFNO3. The predicted molar refractivity (Wildman–Crippen MR) is 135 cm³/mol. The average Bonchev–Trinajstić information content (AvgIpc) is 2.82. The van der Waals surface area contributed by atoms with Crippen LogP contribution in [0, 0.1) is 5.92 Å². The summed E-state index contributed by atoms with van der Waals surface area (Å²) in [5.74, 6) is 2.22. The number of likely N-dealkylation sites (tertiary alicyclic amines) is 1. The topological polar surface area (TPSA) is 41.9 Å². The minimum absolute atomic E-state index is 0.184. The van der Waals surface area contributed by atoms with Gasteiger partial charge in [0.05, 0.1) is 6.67 Å². The number of phenols is 1. The molecule has 2 aliphatic heterocycles. The second-order valence-corrected chi connectivity index (χ2v) is 8.96. The van der Waals surface area contributed by atoms with Gasteiger partial charge in [-0.3, -0.25) is 9.29 Å². The van der Waals surface area contributed by atoms with Crippen molar-refractivity contribution in [1.82, 2.24) is 4.90 Å². The zero-order valence-electron chi connectivity index (χ0n) is 19.2. The third-order valence-corrected chi connectivity index (χ3v) is 6.27. The lowest BCUT2D eigenvalue weighted by molar-refractivity contribution is 0.0668. The number of hydrogen-bond acceptors (Lipinski definition) is 4. The fourth-order valence-corrected chi connectivity index (χ4v) is 4.29. The fourth-order valence-electron chi connectivity index (χ4n) is 4.10. The maximum Gasteiger partial charge on any atom is 0.127 e. The number of fused-ring (bicyclic) bond motifs is 1. The van der Waals surface area contributed by atoms with Crippen molar-refractivity contribution < 1.29 is 19.0 Å². The summed E-state index contributed by atoms with van der Waals surface area (Å²) in [6.07, 6.45) is 0. The summed E-state index contributed by atoms with van der Waals surface area (Å²) in [4.78, 5) is 2.22. The Morgan fingerprint density at radius 2 is 1.85 bits per heavy atom. The summed E-state index contributed by atoms with van der Waals surface area (Å²) < 4.78 is 23.4. The molecule has 34 heavy (non-hydrogen) atoms. The summed E-state index contributed by atoms with van der Waals surface area (Å²) >= 11 is 6.03. The summed E-state index contributed by atoms with van der Waals surface area (Å²) in [5.41, 5.74) is 4.19. The lowest BCUT2D eigenvalue weighted by Gasteiger charge is -2.37. The minimum Gasteiger partial charge on any atom is -0.508 e. The second-order valence-electron chi connectivity index (χ2n) is 8.52. The van der Waals surface area contributed by atoms with Crippen LogP contribution >= 0.6 is 11.6 Å². The Balaban J connectivity index is 0.000000166.